The number of nitrogens with one attached hydrogen (secondary N) is 2. The van der Waals surface area contributed by atoms with Crippen molar-refractivity contribution in [1.29, 1.82) is 0 Å². The fraction of sp³-hybridized carbons (Fsp3) is 0.688. The molecule has 21 heavy (non-hydrogen) atoms. The van der Waals surface area contributed by atoms with E-state index in [1.54, 1.807) is 6.20 Å². The van der Waals surface area contributed by atoms with Crippen molar-refractivity contribution in [1.82, 2.24) is 15.3 Å². The monoisotopic (exact) mass is 290 g/mol. The molecule has 5 nitrogen and oxygen atoms in total. The highest BCUT2D eigenvalue weighted by Gasteiger charge is 2.27. The van der Waals surface area contributed by atoms with Crippen LogP contribution in [-0.2, 0) is 0 Å². The summed E-state index contributed by atoms with van der Waals surface area (Å²) in [6.07, 6.45) is 10.4. The van der Waals surface area contributed by atoms with Gasteiger partial charge in [0, 0.05) is 13.1 Å². The van der Waals surface area contributed by atoms with Gasteiger partial charge in [0.15, 0.2) is 0 Å². The van der Waals surface area contributed by atoms with Crippen LogP contribution in [-0.4, -0.2) is 29.0 Å². The highest BCUT2D eigenvalue weighted by atomic mass is 16.1. The number of anilines is 1. The third-order valence-corrected chi connectivity index (χ3v) is 4.18. The predicted molar refractivity (Wildman–Crippen MR) is 84.3 cm³/mol. The highest BCUT2D eigenvalue weighted by Crippen LogP contribution is 2.34. The van der Waals surface area contributed by atoms with E-state index in [0.717, 1.165) is 19.5 Å². The molecule has 0 aliphatic heterocycles. The molecule has 1 amide bonds. The van der Waals surface area contributed by atoms with Crippen molar-refractivity contribution >= 4 is 11.7 Å². The first-order valence-electron chi connectivity index (χ1n) is 7.97. The van der Waals surface area contributed by atoms with Crippen LogP contribution in [0.15, 0.2) is 12.4 Å². The summed E-state index contributed by atoms with van der Waals surface area (Å²) in [5.74, 6) is 0.587. The van der Waals surface area contributed by atoms with Gasteiger partial charge in [-0.2, -0.15) is 0 Å². The Labute approximate surface area is 127 Å². The van der Waals surface area contributed by atoms with Crippen molar-refractivity contribution in [3.8, 4) is 0 Å². The zero-order valence-corrected chi connectivity index (χ0v) is 13.1. The molecule has 0 bridgehead atoms. The second-order valence-corrected chi connectivity index (χ2v) is 6.27. The van der Waals surface area contributed by atoms with Crippen LogP contribution in [0.1, 0.15) is 62.9 Å². The number of aromatic nitrogens is 2. The SMILES string of the molecule is CCCNc1cnc(C(=O)NCC2(C)CCCCC2)cn1. The largest absolute Gasteiger partial charge is 0.369 e. The lowest BCUT2D eigenvalue weighted by Gasteiger charge is -2.33. The van der Waals surface area contributed by atoms with Crippen LogP contribution in [0.4, 0.5) is 5.82 Å². The maximum absolute atomic E-state index is 12.1. The molecule has 0 aromatic carbocycles. The summed E-state index contributed by atoms with van der Waals surface area (Å²) in [7, 11) is 0. The molecule has 2 N–H and O–H groups in total. The van der Waals surface area contributed by atoms with Crippen LogP contribution < -0.4 is 10.6 Å². The number of carbonyl (C=O) groups is 1. The summed E-state index contributed by atoms with van der Waals surface area (Å²) in [4.78, 5) is 20.5. The Kier molecular flexibility index (Phi) is 5.53. The van der Waals surface area contributed by atoms with Gasteiger partial charge in [0.2, 0.25) is 0 Å². The molecule has 2 rings (SSSR count). The second kappa shape index (κ2) is 7.38. The summed E-state index contributed by atoms with van der Waals surface area (Å²) < 4.78 is 0. The van der Waals surface area contributed by atoms with Gasteiger partial charge in [0.1, 0.15) is 11.5 Å². The molecule has 1 aromatic rings. The molecule has 116 valence electrons. The summed E-state index contributed by atoms with van der Waals surface area (Å²) in [6, 6.07) is 0. The Hall–Kier alpha value is -1.65. The fourth-order valence-electron chi connectivity index (χ4n) is 2.76. The minimum absolute atomic E-state index is 0.128. The van der Waals surface area contributed by atoms with Crippen LogP contribution in [0.3, 0.4) is 0 Å². The molecule has 1 heterocycles. The molecule has 1 aliphatic rings. The van der Waals surface area contributed by atoms with E-state index in [-0.39, 0.29) is 11.3 Å². The van der Waals surface area contributed by atoms with Crippen LogP contribution in [0.25, 0.3) is 0 Å². The molecule has 0 spiro atoms. The molecule has 0 unspecified atom stereocenters. The van der Waals surface area contributed by atoms with E-state index in [4.69, 9.17) is 0 Å². The second-order valence-electron chi connectivity index (χ2n) is 6.27. The van der Waals surface area contributed by atoms with E-state index < -0.39 is 0 Å². The lowest BCUT2D eigenvalue weighted by molar-refractivity contribution is 0.0914. The predicted octanol–water partition coefficient (Wildman–Crippen LogP) is 3.00. The number of hydrogen-bond donors (Lipinski definition) is 2. The minimum Gasteiger partial charge on any atom is -0.369 e. The van der Waals surface area contributed by atoms with Crippen molar-refractivity contribution in [2.45, 2.75) is 52.4 Å². The van der Waals surface area contributed by atoms with Gasteiger partial charge < -0.3 is 10.6 Å². The third kappa shape index (κ3) is 4.69. The molecule has 0 radical (unpaired) electrons. The smallest absolute Gasteiger partial charge is 0.271 e. The first-order valence-corrected chi connectivity index (χ1v) is 7.97. The van der Waals surface area contributed by atoms with E-state index in [1.165, 1.54) is 38.3 Å². The summed E-state index contributed by atoms with van der Waals surface area (Å²) in [6.45, 7) is 5.94. The molecular weight excluding hydrogens is 264 g/mol. The van der Waals surface area contributed by atoms with Gasteiger partial charge in [-0.05, 0) is 24.7 Å². The Bertz CT molecular complexity index is 452. The van der Waals surface area contributed by atoms with Gasteiger partial charge in [-0.25, -0.2) is 9.97 Å². The van der Waals surface area contributed by atoms with Crippen molar-refractivity contribution in [3.63, 3.8) is 0 Å². The Morgan fingerprint density at radius 2 is 2.00 bits per heavy atom. The Morgan fingerprint density at radius 1 is 1.24 bits per heavy atom. The van der Waals surface area contributed by atoms with Crippen molar-refractivity contribution in [2.75, 3.05) is 18.4 Å². The van der Waals surface area contributed by atoms with Crippen LogP contribution in [0.5, 0.6) is 0 Å². The van der Waals surface area contributed by atoms with Crippen LogP contribution >= 0.6 is 0 Å². The van der Waals surface area contributed by atoms with E-state index in [9.17, 15) is 4.79 Å². The average molecular weight is 290 g/mol. The quantitative estimate of drug-likeness (QED) is 0.845. The number of rotatable bonds is 6. The van der Waals surface area contributed by atoms with Crippen molar-refractivity contribution in [3.05, 3.63) is 18.1 Å². The molecule has 0 saturated heterocycles. The van der Waals surface area contributed by atoms with Crippen molar-refractivity contribution in [2.24, 2.45) is 5.41 Å². The molecule has 5 heteroatoms. The molecule has 1 saturated carbocycles. The normalized spacial score (nSPS) is 17.2. The Balaban J connectivity index is 1.85. The molecule has 0 atom stereocenters. The lowest BCUT2D eigenvalue weighted by Crippen LogP contribution is -2.37. The van der Waals surface area contributed by atoms with E-state index in [0.29, 0.717) is 11.5 Å². The molecular formula is C16H26N4O. The summed E-state index contributed by atoms with van der Waals surface area (Å²) in [5, 5.41) is 6.15. The minimum atomic E-state index is -0.128. The van der Waals surface area contributed by atoms with Crippen LogP contribution in [0, 0.1) is 5.41 Å². The first kappa shape index (κ1) is 15.7. The summed E-state index contributed by atoms with van der Waals surface area (Å²) in [5.41, 5.74) is 0.626. The zero-order valence-electron chi connectivity index (χ0n) is 13.1. The van der Waals surface area contributed by atoms with Gasteiger partial charge >= 0.3 is 0 Å². The zero-order chi connectivity index (χ0) is 15.1. The van der Waals surface area contributed by atoms with Crippen LogP contribution in [0.2, 0.25) is 0 Å². The average Bonchev–Trinajstić information content (AvgIpc) is 2.52. The van der Waals surface area contributed by atoms with Gasteiger partial charge in [-0.3, -0.25) is 4.79 Å². The van der Waals surface area contributed by atoms with Crippen molar-refractivity contribution < 1.29 is 4.79 Å². The molecule has 1 fully saturated rings. The fourth-order valence-corrected chi connectivity index (χ4v) is 2.76. The maximum Gasteiger partial charge on any atom is 0.271 e. The maximum atomic E-state index is 12.1. The third-order valence-electron chi connectivity index (χ3n) is 4.18. The number of amides is 1. The van der Waals surface area contributed by atoms with Gasteiger partial charge in [-0.15, -0.1) is 0 Å². The lowest BCUT2D eigenvalue weighted by atomic mass is 9.76. The number of nitrogens with zero attached hydrogens (tertiary/aromatic N) is 2. The summed E-state index contributed by atoms with van der Waals surface area (Å²) >= 11 is 0. The molecule has 1 aromatic heterocycles. The van der Waals surface area contributed by atoms with E-state index in [2.05, 4.69) is 34.4 Å². The number of hydrogen-bond acceptors (Lipinski definition) is 4. The standard InChI is InChI=1S/C16H26N4O/c1-3-9-17-14-11-18-13(10-19-14)15(21)20-12-16(2)7-5-4-6-8-16/h10-11H,3-9,12H2,1-2H3,(H,17,19)(H,20,21). The van der Waals surface area contributed by atoms with Gasteiger partial charge in [0.05, 0.1) is 12.4 Å². The molecule has 1 aliphatic carbocycles. The van der Waals surface area contributed by atoms with E-state index >= 15 is 0 Å². The van der Waals surface area contributed by atoms with E-state index in [1.807, 2.05) is 0 Å². The van der Waals surface area contributed by atoms with Gasteiger partial charge in [0.25, 0.3) is 5.91 Å². The highest BCUT2D eigenvalue weighted by molar-refractivity contribution is 5.92. The first-order chi connectivity index (χ1) is 10.1. The number of carbonyl (C=O) groups excluding carboxylic acids is 1. The van der Waals surface area contributed by atoms with Gasteiger partial charge in [-0.1, -0.05) is 33.1 Å². The Morgan fingerprint density at radius 3 is 2.62 bits per heavy atom. The topological polar surface area (TPSA) is 66.9 Å².